The molecule has 1 aromatic rings. The summed E-state index contributed by atoms with van der Waals surface area (Å²) in [5, 5.41) is 9.40. The zero-order valence-electron chi connectivity index (χ0n) is 9.89. The molecule has 0 spiro atoms. The van der Waals surface area contributed by atoms with Gasteiger partial charge >= 0.3 is 0 Å². The highest BCUT2D eigenvalue weighted by molar-refractivity contribution is 5.51. The second-order valence-electron chi connectivity index (χ2n) is 4.41. The quantitative estimate of drug-likeness (QED) is 0.846. The number of benzene rings is 1. The van der Waals surface area contributed by atoms with Gasteiger partial charge < -0.3 is 14.7 Å². The molecule has 1 aliphatic heterocycles. The smallest absolute Gasteiger partial charge is 0.119 e. The Balaban J connectivity index is 2.17. The van der Waals surface area contributed by atoms with Crippen LogP contribution in [0.5, 0.6) is 5.75 Å². The molecule has 0 saturated carbocycles. The Morgan fingerprint density at radius 2 is 2.06 bits per heavy atom. The SMILES string of the molecule is COc1ccc(N2CCC(C)C2CO)cc1. The van der Waals surface area contributed by atoms with Crippen LogP contribution in [-0.4, -0.2) is 31.4 Å². The first kappa shape index (κ1) is 11.3. The summed E-state index contributed by atoms with van der Waals surface area (Å²) in [5.74, 6) is 1.43. The Morgan fingerprint density at radius 3 is 2.62 bits per heavy atom. The third kappa shape index (κ3) is 2.00. The van der Waals surface area contributed by atoms with Gasteiger partial charge in [-0.2, -0.15) is 0 Å². The molecule has 0 aromatic heterocycles. The van der Waals surface area contributed by atoms with Crippen molar-refractivity contribution in [2.45, 2.75) is 19.4 Å². The Hall–Kier alpha value is -1.22. The molecule has 2 unspecified atom stereocenters. The van der Waals surface area contributed by atoms with Crippen LogP contribution in [0.15, 0.2) is 24.3 Å². The zero-order chi connectivity index (χ0) is 11.5. The first-order chi connectivity index (χ1) is 7.76. The molecular formula is C13H19NO2. The summed E-state index contributed by atoms with van der Waals surface area (Å²) < 4.78 is 5.14. The second-order valence-corrected chi connectivity index (χ2v) is 4.41. The minimum atomic E-state index is 0.229. The summed E-state index contributed by atoms with van der Waals surface area (Å²) in [6, 6.07) is 8.30. The Morgan fingerprint density at radius 1 is 1.38 bits per heavy atom. The second kappa shape index (κ2) is 4.74. The van der Waals surface area contributed by atoms with Gasteiger partial charge in [-0.1, -0.05) is 6.92 Å². The third-order valence-corrected chi connectivity index (χ3v) is 3.47. The van der Waals surface area contributed by atoms with Crippen LogP contribution in [0.4, 0.5) is 5.69 Å². The van der Waals surface area contributed by atoms with Crippen molar-refractivity contribution < 1.29 is 9.84 Å². The molecule has 1 N–H and O–H groups in total. The van der Waals surface area contributed by atoms with Gasteiger partial charge in [0.15, 0.2) is 0 Å². The molecule has 0 aliphatic carbocycles. The number of ether oxygens (including phenoxy) is 1. The van der Waals surface area contributed by atoms with Crippen molar-refractivity contribution in [2.24, 2.45) is 5.92 Å². The van der Waals surface area contributed by atoms with Gasteiger partial charge in [0.05, 0.1) is 19.8 Å². The predicted molar refractivity (Wildman–Crippen MR) is 65.0 cm³/mol. The van der Waals surface area contributed by atoms with E-state index >= 15 is 0 Å². The van der Waals surface area contributed by atoms with Crippen LogP contribution >= 0.6 is 0 Å². The minimum absolute atomic E-state index is 0.229. The lowest BCUT2D eigenvalue weighted by Crippen LogP contribution is -2.35. The molecule has 3 heteroatoms. The first-order valence-corrected chi connectivity index (χ1v) is 5.78. The number of aliphatic hydroxyl groups excluding tert-OH is 1. The van der Waals surface area contributed by atoms with Crippen molar-refractivity contribution in [3.05, 3.63) is 24.3 Å². The molecule has 16 heavy (non-hydrogen) atoms. The van der Waals surface area contributed by atoms with E-state index in [0.29, 0.717) is 5.92 Å². The van der Waals surface area contributed by atoms with E-state index in [-0.39, 0.29) is 12.6 Å². The van der Waals surface area contributed by atoms with E-state index in [1.165, 1.54) is 5.69 Å². The Kier molecular flexibility index (Phi) is 3.34. The monoisotopic (exact) mass is 221 g/mol. The molecule has 88 valence electrons. The van der Waals surface area contributed by atoms with E-state index < -0.39 is 0 Å². The lowest BCUT2D eigenvalue weighted by molar-refractivity contribution is 0.245. The van der Waals surface area contributed by atoms with E-state index in [0.717, 1.165) is 18.7 Å². The van der Waals surface area contributed by atoms with Crippen LogP contribution in [0.1, 0.15) is 13.3 Å². The number of methoxy groups -OCH3 is 1. The minimum Gasteiger partial charge on any atom is -0.497 e. The van der Waals surface area contributed by atoms with Gasteiger partial charge in [-0.05, 0) is 36.6 Å². The molecule has 0 radical (unpaired) electrons. The van der Waals surface area contributed by atoms with Crippen molar-refractivity contribution in [3.63, 3.8) is 0 Å². The molecule has 0 bridgehead atoms. The molecular weight excluding hydrogens is 202 g/mol. The number of rotatable bonds is 3. The van der Waals surface area contributed by atoms with E-state index in [9.17, 15) is 5.11 Å². The summed E-state index contributed by atoms with van der Waals surface area (Å²) in [7, 11) is 1.67. The van der Waals surface area contributed by atoms with Crippen LogP contribution in [0, 0.1) is 5.92 Å². The highest BCUT2D eigenvalue weighted by Crippen LogP contribution is 2.30. The number of aliphatic hydroxyl groups is 1. The fourth-order valence-corrected chi connectivity index (χ4v) is 2.38. The van der Waals surface area contributed by atoms with Gasteiger partial charge in [0, 0.05) is 12.2 Å². The molecule has 3 nitrogen and oxygen atoms in total. The van der Waals surface area contributed by atoms with E-state index in [4.69, 9.17) is 4.74 Å². The molecule has 1 aliphatic rings. The zero-order valence-corrected chi connectivity index (χ0v) is 9.89. The maximum absolute atomic E-state index is 9.40. The molecule has 1 fully saturated rings. The summed E-state index contributed by atoms with van der Waals surface area (Å²) in [4.78, 5) is 2.28. The van der Waals surface area contributed by atoms with Crippen LogP contribution in [-0.2, 0) is 0 Å². The van der Waals surface area contributed by atoms with E-state index in [1.54, 1.807) is 7.11 Å². The molecule has 2 rings (SSSR count). The number of hydrogen-bond donors (Lipinski definition) is 1. The number of hydrogen-bond acceptors (Lipinski definition) is 3. The fraction of sp³-hybridized carbons (Fsp3) is 0.538. The lowest BCUT2D eigenvalue weighted by Gasteiger charge is -2.27. The van der Waals surface area contributed by atoms with Crippen LogP contribution in [0.25, 0.3) is 0 Å². The van der Waals surface area contributed by atoms with E-state index in [2.05, 4.69) is 24.0 Å². The van der Waals surface area contributed by atoms with Gasteiger partial charge in [-0.3, -0.25) is 0 Å². The summed E-state index contributed by atoms with van der Waals surface area (Å²) >= 11 is 0. The van der Waals surface area contributed by atoms with Gasteiger partial charge in [-0.25, -0.2) is 0 Å². The van der Waals surface area contributed by atoms with Gasteiger partial charge in [0.2, 0.25) is 0 Å². The van der Waals surface area contributed by atoms with Crippen molar-refractivity contribution in [1.82, 2.24) is 0 Å². The molecule has 1 saturated heterocycles. The van der Waals surface area contributed by atoms with Gasteiger partial charge in [-0.15, -0.1) is 0 Å². The normalized spacial score (nSPS) is 24.8. The van der Waals surface area contributed by atoms with Crippen LogP contribution in [0.2, 0.25) is 0 Å². The highest BCUT2D eigenvalue weighted by Gasteiger charge is 2.30. The predicted octanol–water partition coefficient (Wildman–Crippen LogP) is 1.90. The first-order valence-electron chi connectivity index (χ1n) is 5.78. The number of nitrogens with zero attached hydrogens (tertiary/aromatic N) is 1. The molecule has 0 amide bonds. The maximum Gasteiger partial charge on any atom is 0.119 e. The molecule has 2 atom stereocenters. The third-order valence-electron chi connectivity index (χ3n) is 3.47. The molecule has 1 aromatic carbocycles. The van der Waals surface area contributed by atoms with Gasteiger partial charge in [0.25, 0.3) is 0 Å². The standard InChI is InChI=1S/C13H19NO2/c1-10-7-8-14(13(10)9-15)11-3-5-12(16-2)6-4-11/h3-6,10,13,15H,7-9H2,1-2H3. The average molecular weight is 221 g/mol. The van der Waals surface area contributed by atoms with Crippen molar-refractivity contribution >= 4 is 5.69 Å². The van der Waals surface area contributed by atoms with Crippen molar-refractivity contribution in [2.75, 3.05) is 25.2 Å². The van der Waals surface area contributed by atoms with Crippen molar-refractivity contribution in [3.8, 4) is 5.75 Å². The molecule has 1 heterocycles. The largest absolute Gasteiger partial charge is 0.497 e. The van der Waals surface area contributed by atoms with E-state index in [1.807, 2.05) is 12.1 Å². The fourth-order valence-electron chi connectivity index (χ4n) is 2.38. The van der Waals surface area contributed by atoms with Crippen LogP contribution < -0.4 is 9.64 Å². The average Bonchev–Trinajstić information content (AvgIpc) is 2.70. The topological polar surface area (TPSA) is 32.7 Å². The maximum atomic E-state index is 9.40. The Bertz CT molecular complexity index is 336. The van der Waals surface area contributed by atoms with Crippen molar-refractivity contribution in [1.29, 1.82) is 0 Å². The number of anilines is 1. The van der Waals surface area contributed by atoms with Crippen LogP contribution in [0.3, 0.4) is 0 Å². The lowest BCUT2D eigenvalue weighted by atomic mass is 10.0. The highest BCUT2D eigenvalue weighted by atomic mass is 16.5. The summed E-state index contributed by atoms with van der Waals surface area (Å²) in [5.41, 5.74) is 1.17. The Labute approximate surface area is 96.6 Å². The summed E-state index contributed by atoms with van der Waals surface area (Å²) in [6.07, 6.45) is 1.15. The van der Waals surface area contributed by atoms with Gasteiger partial charge in [0.1, 0.15) is 5.75 Å². The summed E-state index contributed by atoms with van der Waals surface area (Å²) in [6.45, 7) is 3.45.